The van der Waals surface area contributed by atoms with Crippen LogP contribution in [0.1, 0.15) is 6.23 Å². The highest BCUT2D eigenvalue weighted by atomic mass is 16.6. The monoisotopic (exact) mass is 260 g/mol. The molecular formula is C8H12N4O6. The summed E-state index contributed by atoms with van der Waals surface area (Å²) in [6.07, 6.45) is -3.74. The van der Waals surface area contributed by atoms with Crippen molar-refractivity contribution in [3.8, 4) is 0 Å². The molecule has 1 aliphatic heterocycles. The van der Waals surface area contributed by atoms with Crippen molar-refractivity contribution in [2.45, 2.75) is 24.5 Å². The second-order valence-electron chi connectivity index (χ2n) is 3.85. The van der Waals surface area contributed by atoms with Gasteiger partial charge in [-0.05, 0) is 9.91 Å². The summed E-state index contributed by atoms with van der Waals surface area (Å²) in [6.45, 7) is -0.495. The predicted octanol–water partition coefficient (Wildman–Crippen LogP) is -2.02. The highest BCUT2D eigenvalue weighted by Gasteiger charge is 2.45. The van der Waals surface area contributed by atoms with Crippen LogP contribution in [0.25, 0.3) is 0 Å². The van der Waals surface area contributed by atoms with Gasteiger partial charge < -0.3 is 35.9 Å². The fourth-order valence-electron chi connectivity index (χ4n) is 1.81. The Morgan fingerprint density at radius 1 is 1.56 bits per heavy atom. The number of anilines is 1. The van der Waals surface area contributed by atoms with Crippen LogP contribution in [0.15, 0.2) is 6.33 Å². The SMILES string of the molecule is Nc1c([N+](=O)[O-])ncn1[C@@H]1O[C@@H](CO)[C@@H](O)[C@H]1O. The van der Waals surface area contributed by atoms with Crippen LogP contribution in [0.2, 0.25) is 0 Å². The number of hydrogen-bond donors (Lipinski definition) is 4. The predicted molar refractivity (Wildman–Crippen MR) is 56.3 cm³/mol. The van der Waals surface area contributed by atoms with Gasteiger partial charge in [0.25, 0.3) is 0 Å². The maximum atomic E-state index is 10.6. The zero-order valence-electron chi connectivity index (χ0n) is 9.08. The van der Waals surface area contributed by atoms with Gasteiger partial charge in [0.05, 0.1) is 6.61 Å². The van der Waals surface area contributed by atoms with Crippen molar-refractivity contribution in [2.24, 2.45) is 0 Å². The molecule has 0 aliphatic carbocycles. The first kappa shape index (κ1) is 12.7. The highest BCUT2D eigenvalue weighted by Crippen LogP contribution is 2.33. The molecule has 0 spiro atoms. The molecule has 18 heavy (non-hydrogen) atoms. The lowest BCUT2D eigenvalue weighted by atomic mass is 10.1. The first-order valence-corrected chi connectivity index (χ1v) is 5.06. The molecule has 0 unspecified atom stereocenters. The summed E-state index contributed by atoms with van der Waals surface area (Å²) < 4.78 is 6.21. The van der Waals surface area contributed by atoms with E-state index in [1.165, 1.54) is 0 Å². The van der Waals surface area contributed by atoms with E-state index in [1.54, 1.807) is 0 Å². The molecule has 100 valence electrons. The molecule has 1 aromatic heterocycles. The number of nitro groups is 1. The fraction of sp³-hybridized carbons (Fsp3) is 0.625. The number of nitrogens with zero attached hydrogens (tertiary/aromatic N) is 3. The molecule has 0 amide bonds. The molecule has 0 saturated carbocycles. The summed E-state index contributed by atoms with van der Waals surface area (Å²) >= 11 is 0. The van der Waals surface area contributed by atoms with E-state index >= 15 is 0 Å². The number of hydrogen-bond acceptors (Lipinski definition) is 8. The van der Waals surface area contributed by atoms with Gasteiger partial charge in [0, 0.05) is 0 Å². The van der Waals surface area contributed by atoms with Crippen molar-refractivity contribution in [3.05, 3.63) is 16.4 Å². The molecule has 10 heteroatoms. The quantitative estimate of drug-likeness (QED) is 0.358. The molecule has 10 nitrogen and oxygen atoms in total. The number of aliphatic hydroxyl groups is 3. The van der Waals surface area contributed by atoms with Crippen LogP contribution >= 0.6 is 0 Å². The first-order valence-electron chi connectivity index (χ1n) is 5.06. The van der Waals surface area contributed by atoms with Crippen LogP contribution in [-0.4, -0.2) is 54.7 Å². The summed E-state index contributed by atoms with van der Waals surface area (Å²) in [5.41, 5.74) is 5.50. The Bertz CT molecular complexity index is 462. The minimum Gasteiger partial charge on any atom is -0.394 e. The zero-order chi connectivity index (χ0) is 13.4. The third-order valence-corrected chi connectivity index (χ3v) is 2.78. The number of rotatable bonds is 3. The lowest BCUT2D eigenvalue weighted by molar-refractivity contribution is -0.388. The minimum atomic E-state index is -1.36. The van der Waals surface area contributed by atoms with E-state index in [2.05, 4.69) is 4.98 Å². The Kier molecular flexibility index (Phi) is 3.17. The standard InChI is InChI=1S/C8H12N4O6/c9-6-7(12(16)17)10-2-11(6)8-5(15)4(14)3(1-13)18-8/h2-5,8,13-15H,1,9H2/t3-,4+,5+,8+/m0/s1. The van der Waals surface area contributed by atoms with Crippen molar-refractivity contribution >= 4 is 11.6 Å². The van der Waals surface area contributed by atoms with Crippen LogP contribution in [0.3, 0.4) is 0 Å². The summed E-state index contributed by atoms with van der Waals surface area (Å²) in [6, 6.07) is 0. The van der Waals surface area contributed by atoms with Gasteiger partial charge in [0.1, 0.15) is 18.3 Å². The van der Waals surface area contributed by atoms with Crippen molar-refractivity contribution in [1.82, 2.24) is 9.55 Å². The van der Waals surface area contributed by atoms with Gasteiger partial charge in [0.2, 0.25) is 12.1 Å². The van der Waals surface area contributed by atoms with E-state index in [0.717, 1.165) is 10.9 Å². The van der Waals surface area contributed by atoms with Crippen molar-refractivity contribution in [1.29, 1.82) is 0 Å². The molecule has 2 heterocycles. The van der Waals surface area contributed by atoms with Gasteiger partial charge in [-0.2, -0.15) is 0 Å². The number of nitrogen functional groups attached to an aromatic ring is 1. The molecule has 1 aromatic rings. The van der Waals surface area contributed by atoms with Gasteiger partial charge in [-0.3, -0.25) is 4.57 Å². The highest BCUT2D eigenvalue weighted by molar-refractivity contribution is 5.47. The number of aromatic nitrogens is 2. The second-order valence-corrected chi connectivity index (χ2v) is 3.85. The average Bonchev–Trinajstić information content (AvgIpc) is 2.82. The van der Waals surface area contributed by atoms with Crippen LogP contribution in [-0.2, 0) is 4.74 Å². The summed E-state index contributed by atoms with van der Waals surface area (Å²) in [5, 5.41) is 38.8. The maximum Gasteiger partial charge on any atom is 0.406 e. The Morgan fingerprint density at radius 2 is 2.22 bits per heavy atom. The topological polar surface area (TPSA) is 157 Å². The van der Waals surface area contributed by atoms with Crippen molar-refractivity contribution in [2.75, 3.05) is 12.3 Å². The Labute approximate surface area is 100 Å². The van der Waals surface area contributed by atoms with E-state index < -0.39 is 41.9 Å². The first-order chi connectivity index (χ1) is 8.47. The molecule has 0 bridgehead atoms. The number of ether oxygens (including phenoxy) is 1. The fourth-order valence-corrected chi connectivity index (χ4v) is 1.81. The van der Waals surface area contributed by atoms with Crippen LogP contribution in [0.4, 0.5) is 11.6 Å². The van der Waals surface area contributed by atoms with Gasteiger partial charge in [-0.15, -0.1) is 0 Å². The van der Waals surface area contributed by atoms with Crippen molar-refractivity contribution < 1.29 is 25.0 Å². The van der Waals surface area contributed by atoms with Crippen LogP contribution in [0, 0.1) is 10.1 Å². The molecule has 1 fully saturated rings. The number of aliphatic hydroxyl groups excluding tert-OH is 3. The number of nitrogens with two attached hydrogens (primary N) is 1. The van der Waals surface area contributed by atoms with Gasteiger partial charge >= 0.3 is 5.82 Å². The van der Waals surface area contributed by atoms with E-state index in [-0.39, 0.29) is 5.82 Å². The summed E-state index contributed by atoms with van der Waals surface area (Å²) in [7, 11) is 0. The third-order valence-electron chi connectivity index (χ3n) is 2.78. The summed E-state index contributed by atoms with van der Waals surface area (Å²) in [5.74, 6) is -0.859. The van der Waals surface area contributed by atoms with Crippen molar-refractivity contribution in [3.63, 3.8) is 0 Å². The van der Waals surface area contributed by atoms with Gasteiger partial charge in [-0.1, -0.05) is 0 Å². The zero-order valence-corrected chi connectivity index (χ0v) is 9.08. The molecule has 5 N–H and O–H groups in total. The Balaban J connectivity index is 2.30. The molecule has 0 aromatic carbocycles. The van der Waals surface area contributed by atoms with E-state index in [9.17, 15) is 20.3 Å². The number of imidazole rings is 1. The Morgan fingerprint density at radius 3 is 2.67 bits per heavy atom. The second kappa shape index (κ2) is 4.49. The van der Waals surface area contributed by atoms with Crippen LogP contribution in [0.5, 0.6) is 0 Å². The smallest absolute Gasteiger partial charge is 0.394 e. The lowest BCUT2D eigenvalue weighted by Crippen LogP contribution is -2.33. The van der Waals surface area contributed by atoms with Gasteiger partial charge in [0.15, 0.2) is 6.23 Å². The average molecular weight is 260 g/mol. The van der Waals surface area contributed by atoms with E-state index in [0.29, 0.717) is 0 Å². The molecular weight excluding hydrogens is 248 g/mol. The third kappa shape index (κ3) is 1.80. The molecule has 4 atom stereocenters. The maximum absolute atomic E-state index is 10.6. The largest absolute Gasteiger partial charge is 0.406 e. The molecule has 0 radical (unpaired) electrons. The van der Waals surface area contributed by atoms with E-state index in [1.807, 2.05) is 0 Å². The van der Waals surface area contributed by atoms with E-state index in [4.69, 9.17) is 15.6 Å². The molecule has 1 aliphatic rings. The lowest BCUT2D eigenvalue weighted by Gasteiger charge is -2.15. The Hall–Kier alpha value is -1.75. The minimum absolute atomic E-state index is 0.296. The normalized spacial score (nSPS) is 31.7. The molecule has 1 saturated heterocycles. The summed E-state index contributed by atoms with van der Waals surface area (Å²) in [4.78, 5) is 13.3. The molecule has 2 rings (SSSR count). The van der Waals surface area contributed by atoms with Crippen LogP contribution < -0.4 is 5.73 Å². The van der Waals surface area contributed by atoms with Gasteiger partial charge in [-0.25, -0.2) is 0 Å².